The van der Waals surface area contributed by atoms with Crippen molar-refractivity contribution in [3.8, 4) is 0 Å². The molecule has 0 bridgehead atoms. The van der Waals surface area contributed by atoms with Gasteiger partial charge in [0.25, 0.3) is 11.8 Å². The van der Waals surface area contributed by atoms with E-state index in [2.05, 4.69) is 5.32 Å². The fourth-order valence-corrected chi connectivity index (χ4v) is 4.71. The fourth-order valence-electron chi connectivity index (χ4n) is 3.78. The second-order valence-corrected chi connectivity index (χ2v) is 8.54. The van der Waals surface area contributed by atoms with E-state index in [0.717, 1.165) is 30.5 Å². The molecule has 4 rings (SSSR count). The van der Waals surface area contributed by atoms with Gasteiger partial charge in [-0.05, 0) is 86.0 Å². The van der Waals surface area contributed by atoms with Crippen molar-refractivity contribution >= 4 is 34.5 Å². The maximum atomic E-state index is 13.8. The van der Waals surface area contributed by atoms with E-state index in [1.54, 1.807) is 42.5 Å². The summed E-state index contributed by atoms with van der Waals surface area (Å²) in [6.45, 7) is 4.14. The lowest BCUT2D eigenvalue weighted by molar-refractivity contribution is 0.0985. The average Bonchev–Trinajstić information content (AvgIpc) is 3.10. The lowest BCUT2D eigenvalue weighted by atomic mass is 10.1. The molecule has 0 saturated heterocycles. The van der Waals surface area contributed by atoms with Crippen LogP contribution in [0.25, 0.3) is 0 Å². The predicted molar refractivity (Wildman–Crippen MR) is 119 cm³/mol. The molecule has 4 nitrogen and oxygen atoms in total. The highest BCUT2D eigenvalue weighted by atomic mass is 32.1. The number of thiophene rings is 1. The topological polar surface area (TPSA) is 49.4 Å². The van der Waals surface area contributed by atoms with Gasteiger partial charge in [-0.25, -0.2) is 4.39 Å². The molecule has 30 heavy (non-hydrogen) atoms. The van der Waals surface area contributed by atoms with E-state index in [-0.39, 0.29) is 11.8 Å². The molecule has 2 amide bonds. The first-order chi connectivity index (χ1) is 14.5. The average molecular weight is 423 g/mol. The number of halogens is 1. The molecular formula is C24H23FN2O2S. The molecule has 0 radical (unpaired) electrons. The SMILES string of the molecule is Cc1cc(C(=O)N2CCCCc3sccc32)ccc1NC(=O)c1cccc(F)c1C. The number of hydrogen-bond acceptors (Lipinski definition) is 3. The summed E-state index contributed by atoms with van der Waals surface area (Å²) in [5, 5.41) is 4.87. The van der Waals surface area contributed by atoms with Crippen molar-refractivity contribution in [3.05, 3.63) is 80.8 Å². The smallest absolute Gasteiger partial charge is 0.258 e. The fraction of sp³-hybridized carbons (Fsp3) is 0.250. The van der Waals surface area contributed by atoms with Crippen LogP contribution in [0.5, 0.6) is 0 Å². The number of hydrogen-bond donors (Lipinski definition) is 1. The molecule has 0 saturated carbocycles. The lowest BCUT2D eigenvalue weighted by Crippen LogP contribution is -2.31. The summed E-state index contributed by atoms with van der Waals surface area (Å²) < 4.78 is 13.8. The van der Waals surface area contributed by atoms with E-state index >= 15 is 0 Å². The van der Waals surface area contributed by atoms with Gasteiger partial charge < -0.3 is 10.2 Å². The van der Waals surface area contributed by atoms with Crippen LogP contribution < -0.4 is 10.2 Å². The van der Waals surface area contributed by atoms with E-state index < -0.39 is 5.82 Å². The third-order valence-electron chi connectivity index (χ3n) is 5.53. The Morgan fingerprint density at radius 1 is 1.10 bits per heavy atom. The normalized spacial score (nSPS) is 13.5. The Labute approximate surface area is 179 Å². The largest absolute Gasteiger partial charge is 0.322 e. The number of aryl methyl sites for hydroxylation is 2. The first-order valence-corrected chi connectivity index (χ1v) is 10.9. The van der Waals surface area contributed by atoms with E-state index in [9.17, 15) is 14.0 Å². The van der Waals surface area contributed by atoms with Gasteiger partial charge in [0.05, 0.1) is 5.69 Å². The molecule has 2 heterocycles. The number of nitrogens with zero attached hydrogens (tertiary/aromatic N) is 1. The summed E-state index contributed by atoms with van der Waals surface area (Å²) in [7, 11) is 0. The van der Waals surface area contributed by atoms with Crippen molar-refractivity contribution in [2.24, 2.45) is 0 Å². The van der Waals surface area contributed by atoms with Crippen LogP contribution in [0.15, 0.2) is 47.8 Å². The van der Waals surface area contributed by atoms with Crippen LogP contribution >= 0.6 is 11.3 Å². The van der Waals surface area contributed by atoms with Gasteiger partial charge in [0, 0.05) is 28.2 Å². The van der Waals surface area contributed by atoms with Crippen LogP contribution in [-0.2, 0) is 6.42 Å². The molecule has 154 valence electrons. The molecule has 0 atom stereocenters. The maximum absolute atomic E-state index is 13.8. The number of amides is 2. The molecule has 3 aromatic rings. The number of anilines is 2. The third-order valence-corrected chi connectivity index (χ3v) is 6.50. The van der Waals surface area contributed by atoms with Gasteiger partial charge in [-0.2, -0.15) is 0 Å². The summed E-state index contributed by atoms with van der Waals surface area (Å²) in [6.07, 6.45) is 3.08. The number of benzene rings is 2. The molecule has 0 aliphatic carbocycles. The molecule has 0 spiro atoms. The lowest BCUT2D eigenvalue weighted by Gasteiger charge is -2.21. The van der Waals surface area contributed by atoms with Crippen LogP contribution in [0, 0.1) is 19.7 Å². The third kappa shape index (κ3) is 3.87. The number of rotatable bonds is 3. The van der Waals surface area contributed by atoms with Crippen LogP contribution in [0.4, 0.5) is 15.8 Å². The van der Waals surface area contributed by atoms with Crippen molar-refractivity contribution < 1.29 is 14.0 Å². The molecule has 0 unspecified atom stereocenters. The highest BCUT2D eigenvalue weighted by Gasteiger charge is 2.23. The highest BCUT2D eigenvalue weighted by Crippen LogP contribution is 2.32. The number of fused-ring (bicyclic) bond motifs is 1. The summed E-state index contributed by atoms with van der Waals surface area (Å²) in [4.78, 5) is 28.9. The summed E-state index contributed by atoms with van der Waals surface area (Å²) >= 11 is 1.70. The van der Waals surface area contributed by atoms with Crippen LogP contribution in [0.2, 0.25) is 0 Å². The minimum atomic E-state index is -0.412. The minimum Gasteiger partial charge on any atom is -0.322 e. The summed E-state index contributed by atoms with van der Waals surface area (Å²) in [5.74, 6) is -0.811. The Kier molecular flexibility index (Phi) is 5.68. The van der Waals surface area contributed by atoms with Crippen molar-refractivity contribution in [1.29, 1.82) is 0 Å². The second kappa shape index (κ2) is 8.40. The van der Waals surface area contributed by atoms with Crippen molar-refractivity contribution in [2.45, 2.75) is 33.1 Å². The molecule has 1 aliphatic rings. The zero-order valence-electron chi connectivity index (χ0n) is 17.0. The molecule has 1 aromatic heterocycles. The Balaban J connectivity index is 1.56. The van der Waals surface area contributed by atoms with Crippen LogP contribution in [-0.4, -0.2) is 18.4 Å². The van der Waals surface area contributed by atoms with Crippen LogP contribution in [0.1, 0.15) is 49.6 Å². The van der Waals surface area contributed by atoms with Crippen molar-refractivity contribution in [2.75, 3.05) is 16.8 Å². The van der Waals surface area contributed by atoms with Gasteiger partial charge in [0.1, 0.15) is 5.82 Å². The van der Waals surface area contributed by atoms with Gasteiger partial charge in [-0.1, -0.05) is 6.07 Å². The summed E-state index contributed by atoms with van der Waals surface area (Å²) in [5.41, 5.74) is 3.60. The van der Waals surface area contributed by atoms with E-state index in [0.29, 0.717) is 28.9 Å². The Hall–Kier alpha value is -2.99. The number of carbonyl (C=O) groups is 2. The van der Waals surface area contributed by atoms with Gasteiger partial charge >= 0.3 is 0 Å². The Morgan fingerprint density at radius 2 is 1.93 bits per heavy atom. The number of carbonyl (C=O) groups excluding carboxylic acids is 2. The first-order valence-electron chi connectivity index (χ1n) is 10.0. The number of nitrogens with one attached hydrogen (secondary N) is 1. The Bertz CT molecular complexity index is 1120. The molecule has 1 aliphatic heterocycles. The molecule has 1 N–H and O–H groups in total. The molecule has 0 fully saturated rings. The zero-order chi connectivity index (χ0) is 21.3. The summed E-state index contributed by atoms with van der Waals surface area (Å²) in [6, 6.07) is 11.7. The van der Waals surface area contributed by atoms with Gasteiger partial charge in [-0.3, -0.25) is 9.59 Å². The van der Waals surface area contributed by atoms with E-state index in [1.165, 1.54) is 17.0 Å². The van der Waals surface area contributed by atoms with Crippen molar-refractivity contribution in [1.82, 2.24) is 0 Å². The molecule has 2 aromatic carbocycles. The van der Waals surface area contributed by atoms with Crippen LogP contribution in [0.3, 0.4) is 0 Å². The quantitative estimate of drug-likeness (QED) is 0.585. The standard InChI is InChI=1S/C24H23FN2O2S/c1-15-14-17(24(29)27-12-4-3-8-22-21(27)11-13-30-22)9-10-20(15)26-23(28)18-6-5-7-19(25)16(18)2/h5-7,9-11,13-14H,3-4,8,12H2,1-2H3,(H,26,28). The van der Waals surface area contributed by atoms with E-state index in [1.807, 2.05) is 23.3 Å². The van der Waals surface area contributed by atoms with Crippen molar-refractivity contribution in [3.63, 3.8) is 0 Å². The predicted octanol–water partition coefficient (Wildman–Crippen LogP) is 5.74. The minimum absolute atomic E-state index is 0.0292. The molecular weight excluding hydrogens is 399 g/mol. The van der Waals surface area contributed by atoms with Gasteiger partial charge in [-0.15, -0.1) is 11.3 Å². The van der Waals surface area contributed by atoms with E-state index in [4.69, 9.17) is 0 Å². The Morgan fingerprint density at radius 3 is 2.73 bits per heavy atom. The monoisotopic (exact) mass is 422 g/mol. The highest BCUT2D eigenvalue weighted by molar-refractivity contribution is 7.10. The zero-order valence-corrected chi connectivity index (χ0v) is 17.8. The maximum Gasteiger partial charge on any atom is 0.258 e. The first kappa shape index (κ1) is 20.3. The van der Waals surface area contributed by atoms with Gasteiger partial charge in [0.15, 0.2) is 0 Å². The molecule has 6 heteroatoms. The second-order valence-electron chi connectivity index (χ2n) is 7.54. The van der Waals surface area contributed by atoms with Gasteiger partial charge in [0.2, 0.25) is 0 Å².